The molecule has 0 saturated heterocycles. The molecule has 0 heterocycles. The van der Waals surface area contributed by atoms with Crippen LogP contribution in [0.15, 0.2) is 42.5 Å². The predicted octanol–water partition coefficient (Wildman–Crippen LogP) is 3.16. The van der Waals surface area contributed by atoms with Crippen LogP contribution in [0.4, 0.5) is 5.69 Å². The molecule has 4 heteroatoms. The van der Waals surface area contributed by atoms with Crippen LogP contribution >= 0.6 is 11.6 Å². The number of carbonyl (C=O) groups excluding carboxylic acids is 1. The molecular weight excluding hydrogens is 260 g/mol. The van der Waals surface area contributed by atoms with Gasteiger partial charge in [-0.15, -0.1) is 0 Å². The molecule has 0 aromatic heterocycles. The molecule has 0 fully saturated rings. The second-order valence-corrected chi connectivity index (χ2v) is 4.76. The van der Waals surface area contributed by atoms with E-state index >= 15 is 0 Å². The van der Waals surface area contributed by atoms with Crippen molar-refractivity contribution in [3.05, 3.63) is 64.2 Å². The maximum Gasteiger partial charge on any atom is 0.251 e. The van der Waals surface area contributed by atoms with Crippen LogP contribution in [0.2, 0.25) is 5.02 Å². The average molecular weight is 275 g/mol. The summed E-state index contributed by atoms with van der Waals surface area (Å²) in [7, 11) is 0. The highest BCUT2D eigenvalue weighted by Gasteiger charge is 2.09. The molecule has 2 rings (SSSR count). The third kappa shape index (κ3) is 3.26. The van der Waals surface area contributed by atoms with Crippen molar-refractivity contribution in [3.63, 3.8) is 0 Å². The summed E-state index contributed by atoms with van der Waals surface area (Å²) in [6.45, 7) is 2.27. The van der Waals surface area contributed by atoms with Crippen molar-refractivity contribution in [2.45, 2.75) is 13.5 Å². The number of nitrogen functional groups attached to an aromatic ring is 1. The van der Waals surface area contributed by atoms with Crippen LogP contribution in [-0.2, 0) is 6.54 Å². The Balaban J connectivity index is 2.10. The first-order valence-electron chi connectivity index (χ1n) is 5.95. The number of nitrogens with one attached hydrogen (secondary N) is 1. The first kappa shape index (κ1) is 13.4. The molecule has 0 unspecified atom stereocenters. The number of amides is 1. The van der Waals surface area contributed by atoms with E-state index in [2.05, 4.69) is 5.32 Å². The number of rotatable bonds is 3. The fourth-order valence-corrected chi connectivity index (χ4v) is 2.00. The summed E-state index contributed by atoms with van der Waals surface area (Å²) < 4.78 is 0. The molecule has 3 nitrogen and oxygen atoms in total. The lowest BCUT2D eigenvalue weighted by Gasteiger charge is -2.09. The van der Waals surface area contributed by atoms with Crippen molar-refractivity contribution >= 4 is 23.2 Å². The molecule has 0 saturated carbocycles. The quantitative estimate of drug-likeness (QED) is 0.845. The van der Waals surface area contributed by atoms with Crippen molar-refractivity contribution in [1.29, 1.82) is 0 Å². The molecule has 0 aliphatic rings. The fraction of sp³-hybridized carbons (Fsp3) is 0.133. The molecule has 3 N–H and O–H groups in total. The number of anilines is 1. The Morgan fingerprint density at radius 1 is 1.26 bits per heavy atom. The smallest absolute Gasteiger partial charge is 0.251 e. The van der Waals surface area contributed by atoms with E-state index in [-0.39, 0.29) is 5.91 Å². The van der Waals surface area contributed by atoms with E-state index < -0.39 is 0 Å². The number of aryl methyl sites for hydroxylation is 1. The summed E-state index contributed by atoms with van der Waals surface area (Å²) in [5.41, 5.74) is 8.65. The van der Waals surface area contributed by atoms with E-state index in [0.29, 0.717) is 22.8 Å². The van der Waals surface area contributed by atoms with Crippen LogP contribution < -0.4 is 11.1 Å². The first-order valence-corrected chi connectivity index (χ1v) is 6.33. The summed E-state index contributed by atoms with van der Waals surface area (Å²) in [5.74, 6) is -0.148. The SMILES string of the molecule is Cc1ccc(N)cc1C(=O)NCc1ccccc1Cl. The lowest BCUT2D eigenvalue weighted by molar-refractivity contribution is 0.0950. The van der Waals surface area contributed by atoms with Gasteiger partial charge in [-0.05, 0) is 36.2 Å². The normalized spacial score (nSPS) is 10.2. The molecule has 0 atom stereocenters. The Kier molecular flexibility index (Phi) is 4.07. The van der Waals surface area contributed by atoms with Gasteiger partial charge in [-0.3, -0.25) is 4.79 Å². The first-order chi connectivity index (χ1) is 9.08. The maximum atomic E-state index is 12.1. The zero-order valence-electron chi connectivity index (χ0n) is 10.6. The van der Waals surface area contributed by atoms with Gasteiger partial charge in [0.05, 0.1) is 0 Å². The molecule has 98 valence electrons. The molecule has 1 amide bonds. The van der Waals surface area contributed by atoms with E-state index in [4.69, 9.17) is 17.3 Å². The largest absolute Gasteiger partial charge is 0.399 e. The van der Waals surface area contributed by atoms with Gasteiger partial charge in [-0.25, -0.2) is 0 Å². The van der Waals surface area contributed by atoms with Gasteiger partial charge in [0.2, 0.25) is 0 Å². The van der Waals surface area contributed by atoms with Gasteiger partial charge < -0.3 is 11.1 Å². The Bertz CT molecular complexity index is 611. The van der Waals surface area contributed by atoms with Gasteiger partial charge in [0, 0.05) is 22.8 Å². The van der Waals surface area contributed by atoms with Gasteiger partial charge in [0.15, 0.2) is 0 Å². The maximum absolute atomic E-state index is 12.1. The molecular formula is C15H15ClN2O. The minimum Gasteiger partial charge on any atom is -0.399 e. The van der Waals surface area contributed by atoms with Crippen LogP contribution in [0.3, 0.4) is 0 Å². The molecule has 19 heavy (non-hydrogen) atoms. The van der Waals surface area contributed by atoms with Crippen LogP contribution in [-0.4, -0.2) is 5.91 Å². The van der Waals surface area contributed by atoms with Gasteiger partial charge in [-0.1, -0.05) is 35.9 Å². The molecule has 0 spiro atoms. The van der Waals surface area contributed by atoms with E-state index in [1.54, 1.807) is 18.2 Å². The lowest BCUT2D eigenvalue weighted by Crippen LogP contribution is -2.23. The van der Waals surface area contributed by atoms with Gasteiger partial charge in [0.25, 0.3) is 5.91 Å². The van der Waals surface area contributed by atoms with Crippen LogP contribution in [0, 0.1) is 6.92 Å². The summed E-state index contributed by atoms with van der Waals surface area (Å²) in [5, 5.41) is 3.49. The second kappa shape index (κ2) is 5.76. The molecule has 2 aromatic rings. The summed E-state index contributed by atoms with van der Waals surface area (Å²) in [4.78, 5) is 12.1. The Morgan fingerprint density at radius 2 is 2.00 bits per heavy atom. The zero-order valence-corrected chi connectivity index (χ0v) is 11.4. The van der Waals surface area contributed by atoms with E-state index in [1.165, 1.54) is 0 Å². The second-order valence-electron chi connectivity index (χ2n) is 4.35. The van der Waals surface area contributed by atoms with Crippen molar-refractivity contribution in [2.75, 3.05) is 5.73 Å². The summed E-state index contributed by atoms with van der Waals surface area (Å²) in [6.07, 6.45) is 0. The minimum absolute atomic E-state index is 0.148. The number of nitrogens with two attached hydrogens (primary N) is 1. The Morgan fingerprint density at radius 3 is 2.74 bits per heavy atom. The van der Waals surface area contributed by atoms with Crippen molar-refractivity contribution in [3.8, 4) is 0 Å². The van der Waals surface area contributed by atoms with E-state index in [0.717, 1.165) is 11.1 Å². The average Bonchev–Trinajstić information content (AvgIpc) is 2.40. The monoisotopic (exact) mass is 274 g/mol. The third-order valence-electron chi connectivity index (χ3n) is 2.90. The number of hydrogen-bond acceptors (Lipinski definition) is 2. The highest BCUT2D eigenvalue weighted by Crippen LogP contribution is 2.16. The Labute approximate surface area is 117 Å². The predicted molar refractivity (Wildman–Crippen MR) is 78.2 cm³/mol. The van der Waals surface area contributed by atoms with Gasteiger partial charge in [-0.2, -0.15) is 0 Å². The fourth-order valence-electron chi connectivity index (χ4n) is 1.80. The van der Waals surface area contributed by atoms with Crippen LogP contribution in [0.5, 0.6) is 0 Å². The topological polar surface area (TPSA) is 55.1 Å². The summed E-state index contributed by atoms with van der Waals surface area (Å²) in [6, 6.07) is 12.7. The summed E-state index contributed by atoms with van der Waals surface area (Å²) >= 11 is 6.04. The number of halogens is 1. The number of benzene rings is 2. The zero-order chi connectivity index (χ0) is 13.8. The number of carbonyl (C=O) groups is 1. The minimum atomic E-state index is -0.148. The van der Waals surface area contributed by atoms with Gasteiger partial charge in [0.1, 0.15) is 0 Å². The highest BCUT2D eigenvalue weighted by atomic mass is 35.5. The Hall–Kier alpha value is -2.00. The molecule has 0 aliphatic carbocycles. The van der Waals surface area contributed by atoms with E-state index in [9.17, 15) is 4.79 Å². The van der Waals surface area contributed by atoms with Crippen LogP contribution in [0.25, 0.3) is 0 Å². The van der Waals surface area contributed by atoms with Gasteiger partial charge >= 0.3 is 0 Å². The lowest BCUT2D eigenvalue weighted by atomic mass is 10.1. The number of hydrogen-bond donors (Lipinski definition) is 2. The molecule has 0 bridgehead atoms. The third-order valence-corrected chi connectivity index (χ3v) is 3.27. The molecule has 2 aromatic carbocycles. The van der Waals surface area contributed by atoms with Crippen molar-refractivity contribution in [2.24, 2.45) is 0 Å². The molecule has 0 radical (unpaired) electrons. The standard InChI is InChI=1S/C15H15ClN2O/c1-10-6-7-12(17)8-13(10)15(19)18-9-11-4-2-3-5-14(11)16/h2-8H,9,17H2,1H3,(H,18,19). The highest BCUT2D eigenvalue weighted by molar-refractivity contribution is 6.31. The van der Waals surface area contributed by atoms with E-state index in [1.807, 2.05) is 31.2 Å². The molecule has 0 aliphatic heterocycles. The van der Waals surface area contributed by atoms with Crippen LogP contribution in [0.1, 0.15) is 21.5 Å². The van der Waals surface area contributed by atoms with Crippen molar-refractivity contribution < 1.29 is 4.79 Å². The van der Waals surface area contributed by atoms with Crippen molar-refractivity contribution in [1.82, 2.24) is 5.32 Å².